The molecule has 3 aromatic rings. The number of ether oxygens (including phenoxy) is 1. The van der Waals surface area contributed by atoms with Crippen molar-refractivity contribution in [3.8, 4) is 5.88 Å². The summed E-state index contributed by atoms with van der Waals surface area (Å²) in [5, 5.41) is 3.67. The Morgan fingerprint density at radius 1 is 1.29 bits per heavy atom. The van der Waals surface area contributed by atoms with Crippen molar-refractivity contribution in [2.75, 3.05) is 12.4 Å². The molecule has 1 aromatic carbocycles. The molecule has 0 unspecified atom stereocenters. The molecule has 0 aliphatic rings. The number of benzene rings is 1. The highest BCUT2D eigenvalue weighted by atomic mass is 16.5. The van der Waals surface area contributed by atoms with Crippen LogP contribution in [0.4, 0.5) is 5.95 Å². The Balaban J connectivity index is 1.83. The van der Waals surface area contributed by atoms with Crippen molar-refractivity contribution in [2.45, 2.75) is 6.54 Å². The molecule has 2 N–H and O–H groups in total. The minimum Gasteiger partial charge on any atom is -0.481 e. The molecule has 21 heavy (non-hydrogen) atoms. The summed E-state index contributed by atoms with van der Waals surface area (Å²) in [5.41, 5.74) is 1.49. The van der Waals surface area contributed by atoms with Gasteiger partial charge >= 0.3 is 0 Å². The molecule has 0 saturated heterocycles. The van der Waals surface area contributed by atoms with Gasteiger partial charge < -0.3 is 10.1 Å². The second-order valence-corrected chi connectivity index (χ2v) is 4.49. The topological polar surface area (TPSA) is 79.9 Å². The van der Waals surface area contributed by atoms with Crippen LogP contribution in [0.5, 0.6) is 5.88 Å². The van der Waals surface area contributed by atoms with Gasteiger partial charge in [0.15, 0.2) is 0 Å². The zero-order valence-corrected chi connectivity index (χ0v) is 11.5. The Bertz CT molecular complexity index is 829. The molecule has 0 bridgehead atoms. The van der Waals surface area contributed by atoms with Gasteiger partial charge in [0.25, 0.3) is 5.56 Å². The summed E-state index contributed by atoms with van der Waals surface area (Å²) in [7, 11) is 1.57. The summed E-state index contributed by atoms with van der Waals surface area (Å²) in [4.78, 5) is 23.1. The molecule has 0 atom stereocenters. The number of anilines is 1. The Hall–Kier alpha value is -2.89. The standard InChI is InChI=1S/C15H14N4O2/c1-21-13-8-10(6-7-16-13)9-17-15-18-12-5-3-2-4-11(12)14(20)19-15/h2-8H,9H2,1H3,(H2,17,18,19,20). The molecule has 6 nitrogen and oxygen atoms in total. The number of hydrogen-bond donors (Lipinski definition) is 2. The van der Waals surface area contributed by atoms with Crippen LogP contribution in [0.1, 0.15) is 5.56 Å². The van der Waals surface area contributed by atoms with E-state index in [1.807, 2.05) is 30.3 Å². The lowest BCUT2D eigenvalue weighted by atomic mass is 10.2. The monoisotopic (exact) mass is 282 g/mol. The largest absolute Gasteiger partial charge is 0.481 e. The van der Waals surface area contributed by atoms with Crippen LogP contribution in [0.3, 0.4) is 0 Å². The molecular weight excluding hydrogens is 268 g/mol. The predicted octanol–water partition coefficient (Wildman–Crippen LogP) is 1.94. The van der Waals surface area contributed by atoms with Crippen molar-refractivity contribution in [1.82, 2.24) is 15.0 Å². The number of H-pyrrole nitrogens is 1. The number of hydrogen-bond acceptors (Lipinski definition) is 5. The minimum atomic E-state index is -0.157. The van der Waals surface area contributed by atoms with Gasteiger partial charge in [-0.3, -0.25) is 9.78 Å². The molecule has 2 heterocycles. The molecule has 106 valence electrons. The summed E-state index contributed by atoms with van der Waals surface area (Å²) in [5.74, 6) is 0.990. The first-order valence-corrected chi connectivity index (χ1v) is 6.48. The van der Waals surface area contributed by atoms with E-state index in [1.165, 1.54) is 0 Å². The quantitative estimate of drug-likeness (QED) is 0.764. The Kier molecular flexibility index (Phi) is 3.51. The maximum atomic E-state index is 11.9. The van der Waals surface area contributed by atoms with E-state index in [9.17, 15) is 4.79 Å². The molecule has 2 aromatic heterocycles. The number of pyridine rings is 1. The Morgan fingerprint density at radius 3 is 3.00 bits per heavy atom. The molecule has 6 heteroatoms. The number of nitrogens with zero attached hydrogens (tertiary/aromatic N) is 2. The normalized spacial score (nSPS) is 10.5. The van der Waals surface area contributed by atoms with Crippen LogP contribution in [0, 0.1) is 0 Å². The van der Waals surface area contributed by atoms with Gasteiger partial charge in [-0.1, -0.05) is 12.1 Å². The van der Waals surface area contributed by atoms with Gasteiger partial charge in [-0.15, -0.1) is 0 Å². The van der Waals surface area contributed by atoms with E-state index in [0.29, 0.717) is 29.3 Å². The number of aromatic nitrogens is 3. The van der Waals surface area contributed by atoms with Crippen molar-refractivity contribution >= 4 is 16.9 Å². The fraction of sp³-hybridized carbons (Fsp3) is 0.133. The van der Waals surface area contributed by atoms with Crippen LogP contribution < -0.4 is 15.6 Å². The van der Waals surface area contributed by atoms with Crippen LogP contribution in [0.15, 0.2) is 47.4 Å². The third-order valence-corrected chi connectivity index (χ3v) is 3.08. The zero-order chi connectivity index (χ0) is 14.7. The van der Waals surface area contributed by atoms with E-state index in [0.717, 1.165) is 5.56 Å². The highest BCUT2D eigenvalue weighted by Gasteiger charge is 2.03. The lowest BCUT2D eigenvalue weighted by Gasteiger charge is -2.07. The van der Waals surface area contributed by atoms with Crippen LogP contribution in [-0.2, 0) is 6.54 Å². The van der Waals surface area contributed by atoms with Crippen molar-refractivity contribution < 1.29 is 4.74 Å². The van der Waals surface area contributed by atoms with Gasteiger partial charge in [0.05, 0.1) is 18.0 Å². The van der Waals surface area contributed by atoms with Crippen LogP contribution >= 0.6 is 0 Å². The molecule has 0 aliphatic carbocycles. The third kappa shape index (κ3) is 2.84. The predicted molar refractivity (Wildman–Crippen MR) is 80.5 cm³/mol. The van der Waals surface area contributed by atoms with Gasteiger partial charge in [0.1, 0.15) is 0 Å². The van der Waals surface area contributed by atoms with Crippen LogP contribution in [-0.4, -0.2) is 22.1 Å². The number of fused-ring (bicyclic) bond motifs is 1. The van der Waals surface area contributed by atoms with E-state index < -0.39 is 0 Å². The average molecular weight is 282 g/mol. The van der Waals surface area contributed by atoms with E-state index >= 15 is 0 Å². The average Bonchev–Trinajstić information content (AvgIpc) is 2.53. The smallest absolute Gasteiger partial charge is 0.260 e. The highest BCUT2D eigenvalue weighted by Crippen LogP contribution is 2.11. The molecule has 0 aliphatic heterocycles. The molecule has 0 radical (unpaired) electrons. The first-order chi connectivity index (χ1) is 10.3. The van der Waals surface area contributed by atoms with Gasteiger partial charge in [0, 0.05) is 18.8 Å². The summed E-state index contributed by atoms with van der Waals surface area (Å²) in [6, 6.07) is 10.9. The molecule has 0 saturated carbocycles. The molecule has 0 spiro atoms. The summed E-state index contributed by atoms with van der Waals surface area (Å²) in [6.07, 6.45) is 1.67. The van der Waals surface area contributed by atoms with Crippen LogP contribution in [0.25, 0.3) is 10.9 Å². The van der Waals surface area contributed by atoms with Crippen molar-refractivity contribution in [1.29, 1.82) is 0 Å². The number of rotatable bonds is 4. The summed E-state index contributed by atoms with van der Waals surface area (Å²) < 4.78 is 5.07. The second kappa shape index (κ2) is 5.62. The van der Waals surface area contributed by atoms with Gasteiger partial charge in [0.2, 0.25) is 11.8 Å². The van der Waals surface area contributed by atoms with Gasteiger partial charge in [-0.2, -0.15) is 0 Å². The maximum Gasteiger partial charge on any atom is 0.260 e. The molecule has 0 fully saturated rings. The molecule has 3 rings (SSSR count). The first kappa shape index (κ1) is 13.1. The third-order valence-electron chi connectivity index (χ3n) is 3.08. The number of methoxy groups -OCH3 is 1. The number of para-hydroxylation sites is 1. The lowest BCUT2D eigenvalue weighted by Crippen LogP contribution is -2.13. The van der Waals surface area contributed by atoms with Crippen molar-refractivity contribution in [3.05, 3.63) is 58.5 Å². The minimum absolute atomic E-state index is 0.157. The maximum absolute atomic E-state index is 11.9. The SMILES string of the molecule is COc1cc(CNc2nc3ccccc3c(=O)[nH]2)ccn1. The second-order valence-electron chi connectivity index (χ2n) is 4.49. The van der Waals surface area contributed by atoms with Gasteiger partial charge in [-0.05, 0) is 23.8 Å². The van der Waals surface area contributed by atoms with E-state index in [2.05, 4.69) is 20.3 Å². The van der Waals surface area contributed by atoms with E-state index in [-0.39, 0.29) is 5.56 Å². The number of aromatic amines is 1. The van der Waals surface area contributed by atoms with E-state index in [4.69, 9.17) is 4.74 Å². The fourth-order valence-electron chi connectivity index (χ4n) is 2.03. The Morgan fingerprint density at radius 2 is 2.14 bits per heavy atom. The van der Waals surface area contributed by atoms with Crippen LogP contribution in [0.2, 0.25) is 0 Å². The van der Waals surface area contributed by atoms with Gasteiger partial charge in [-0.25, -0.2) is 9.97 Å². The van der Waals surface area contributed by atoms with E-state index in [1.54, 1.807) is 19.4 Å². The highest BCUT2D eigenvalue weighted by molar-refractivity contribution is 5.78. The number of nitrogens with one attached hydrogen (secondary N) is 2. The molecular formula is C15H14N4O2. The first-order valence-electron chi connectivity index (χ1n) is 6.48. The Labute approximate surface area is 120 Å². The van der Waals surface area contributed by atoms with Crippen molar-refractivity contribution in [2.24, 2.45) is 0 Å². The molecule has 0 amide bonds. The zero-order valence-electron chi connectivity index (χ0n) is 11.5. The lowest BCUT2D eigenvalue weighted by molar-refractivity contribution is 0.397. The van der Waals surface area contributed by atoms with Crippen molar-refractivity contribution in [3.63, 3.8) is 0 Å². The summed E-state index contributed by atoms with van der Waals surface area (Å²) >= 11 is 0. The fourth-order valence-corrected chi connectivity index (χ4v) is 2.03. The summed E-state index contributed by atoms with van der Waals surface area (Å²) in [6.45, 7) is 0.514.